The molecule has 0 saturated heterocycles. The van der Waals surface area contributed by atoms with Crippen molar-refractivity contribution < 1.29 is 14.6 Å². The lowest BCUT2D eigenvalue weighted by molar-refractivity contribution is -0.166. The normalized spacial score (nSPS) is 39.1. The van der Waals surface area contributed by atoms with E-state index in [1.54, 1.807) is 6.92 Å². The fourth-order valence-corrected chi connectivity index (χ4v) is 5.08. The monoisotopic (exact) mass is 332 g/mol. The average molecular weight is 332 g/mol. The second kappa shape index (κ2) is 6.51. The van der Waals surface area contributed by atoms with Crippen molar-refractivity contribution in [2.24, 2.45) is 22.7 Å². The van der Waals surface area contributed by atoms with Crippen LogP contribution in [0.25, 0.3) is 0 Å². The highest BCUT2D eigenvalue weighted by Gasteiger charge is 2.57. The Morgan fingerprint density at radius 2 is 2.08 bits per heavy atom. The minimum Gasteiger partial charge on any atom is -0.469 e. The van der Waals surface area contributed by atoms with Crippen molar-refractivity contribution in [3.05, 3.63) is 37.0 Å². The van der Waals surface area contributed by atoms with E-state index < -0.39 is 11.0 Å². The molecule has 24 heavy (non-hydrogen) atoms. The van der Waals surface area contributed by atoms with E-state index in [0.29, 0.717) is 0 Å². The maximum absolute atomic E-state index is 12.5. The number of allylic oxidation sites excluding steroid dienone is 2. The van der Waals surface area contributed by atoms with E-state index in [2.05, 4.69) is 33.1 Å². The van der Waals surface area contributed by atoms with Crippen LogP contribution in [0.15, 0.2) is 37.0 Å². The molecule has 0 aromatic carbocycles. The third kappa shape index (κ3) is 3.11. The summed E-state index contributed by atoms with van der Waals surface area (Å²) in [6.45, 7) is 14.0. The van der Waals surface area contributed by atoms with Gasteiger partial charge in [-0.2, -0.15) is 0 Å². The molecule has 0 bridgehead atoms. The summed E-state index contributed by atoms with van der Waals surface area (Å²) in [5, 5.41) is 10.2. The van der Waals surface area contributed by atoms with Crippen LogP contribution < -0.4 is 0 Å². The Hall–Kier alpha value is -1.35. The first-order valence-corrected chi connectivity index (χ1v) is 8.92. The van der Waals surface area contributed by atoms with Gasteiger partial charge in [0.25, 0.3) is 0 Å². The summed E-state index contributed by atoms with van der Waals surface area (Å²) in [4.78, 5) is 12.5. The number of hydrogen-bond acceptors (Lipinski definition) is 3. The standard InChI is InChI=1S/C21H32O3/c1-7-19(3,23)14-11-16-15(2)9-10-17-20(16,4)12-8-13-21(17,5)18(22)24-6/h7,11,14,16-17,23H,1-2,8-10,12-13H2,3-6H3/b14-11+/t16-,17+,19?,20+,21-/m0/s1. The van der Waals surface area contributed by atoms with E-state index in [1.807, 2.05) is 6.08 Å². The van der Waals surface area contributed by atoms with Gasteiger partial charge in [-0.15, -0.1) is 0 Å². The Kier molecular flexibility index (Phi) is 5.15. The van der Waals surface area contributed by atoms with E-state index in [0.717, 1.165) is 32.1 Å². The first-order chi connectivity index (χ1) is 11.1. The van der Waals surface area contributed by atoms with Crippen LogP contribution in [0.5, 0.6) is 0 Å². The molecule has 0 aromatic heterocycles. The van der Waals surface area contributed by atoms with Gasteiger partial charge in [-0.25, -0.2) is 0 Å². The maximum Gasteiger partial charge on any atom is 0.311 e. The molecular weight excluding hydrogens is 300 g/mol. The van der Waals surface area contributed by atoms with Crippen molar-refractivity contribution in [2.75, 3.05) is 7.11 Å². The molecule has 1 N–H and O–H groups in total. The maximum atomic E-state index is 12.5. The number of carbonyl (C=O) groups excluding carboxylic acids is 1. The molecule has 0 aliphatic heterocycles. The molecule has 3 heteroatoms. The molecular formula is C21H32O3. The molecule has 0 spiro atoms. The summed E-state index contributed by atoms with van der Waals surface area (Å²) in [5.74, 6) is 0.332. The number of rotatable bonds is 4. The molecule has 3 nitrogen and oxygen atoms in total. The quantitative estimate of drug-likeness (QED) is 0.612. The fourth-order valence-electron chi connectivity index (χ4n) is 5.08. The second-order valence-corrected chi connectivity index (χ2v) is 8.28. The van der Waals surface area contributed by atoms with Gasteiger partial charge in [0, 0.05) is 5.92 Å². The van der Waals surface area contributed by atoms with Crippen LogP contribution in [0.1, 0.15) is 52.9 Å². The molecule has 2 saturated carbocycles. The fraction of sp³-hybridized carbons (Fsp3) is 0.667. The smallest absolute Gasteiger partial charge is 0.311 e. The summed E-state index contributed by atoms with van der Waals surface area (Å²) < 4.78 is 5.15. The van der Waals surface area contributed by atoms with Gasteiger partial charge in [-0.3, -0.25) is 4.79 Å². The summed E-state index contributed by atoms with van der Waals surface area (Å²) in [7, 11) is 1.49. The highest BCUT2D eigenvalue weighted by Crippen LogP contribution is 2.61. The van der Waals surface area contributed by atoms with Gasteiger partial charge in [-0.05, 0) is 50.9 Å². The number of hydrogen-bond donors (Lipinski definition) is 1. The largest absolute Gasteiger partial charge is 0.469 e. The summed E-state index contributed by atoms with van der Waals surface area (Å²) in [5.41, 5.74) is -0.303. The van der Waals surface area contributed by atoms with Crippen LogP contribution in [0.2, 0.25) is 0 Å². The average Bonchev–Trinajstić information content (AvgIpc) is 2.53. The highest BCUT2D eigenvalue weighted by atomic mass is 16.5. The number of esters is 1. The van der Waals surface area contributed by atoms with Crippen molar-refractivity contribution in [3.63, 3.8) is 0 Å². The van der Waals surface area contributed by atoms with Gasteiger partial charge in [0.15, 0.2) is 0 Å². The lowest BCUT2D eigenvalue weighted by Gasteiger charge is -2.57. The van der Waals surface area contributed by atoms with E-state index in [4.69, 9.17) is 4.74 Å². The van der Waals surface area contributed by atoms with Gasteiger partial charge in [0.05, 0.1) is 18.1 Å². The minimum atomic E-state index is -1.02. The van der Waals surface area contributed by atoms with E-state index in [9.17, 15) is 9.90 Å². The van der Waals surface area contributed by atoms with Gasteiger partial charge < -0.3 is 9.84 Å². The molecule has 0 radical (unpaired) electrons. The Balaban J connectivity index is 2.41. The molecule has 2 rings (SSSR count). The summed E-state index contributed by atoms with van der Waals surface area (Å²) in [6, 6.07) is 0. The first kappa shape index (κ1) is 19.0. The minimum absolute atomic E-state index is 0.0374. The molecule has 1 unspecified atom stereocenters. The molecule has 0 heterocycles. The van der Waals surface area contributed by atoms with Crippen LogP contribution >= 0.6 is 0 Å². The number of fused-ring (bicyclic) bond motifs is 1. The Morgan fingerprint density at radius 3 is 2.67 bits per heavy atom. The van der Waals surface area contributed by atoms with Crippen molar-refractivity contribution in [1.29, 1.82) is 0 Å². The number of ether oxygens (including phenoxy) is 1. The third-order valence-electron chi connectivity index (χ3n) is 6.57. The molecule has 0 aromatic rings. The second-order valence-electron chi connectivity index (χ2n) is 8.28. The molecule has 2 fully saturated rings. The molecule has 2 aliphatic rings. The van der Waals surface area contributed by atoms with Crippen molar-refractivity contribution in [1.82, 2.24) is 0 Å². The van der Waals surface area contributed by atoms with Crippen molar-refractivity contribution in [3.8, 4) is 0 Å². The number of methoxy groups -OCH3 is 1. The zero-order valence-electron chi connectivity index (χ0n) is 15.6. The summed E-state index contributed by atoms with van der Waals surface area (Å²) >= 11 is 0. The van der Waals surface area contributed by atoms with Crippen molar-refractivity contribution in [2.45, 2.75) is 58.5 Å². The van der Waals surface area contributed by atoms with Crippen LogP contribution in [0.4, 0.5) is 0 Å². The van der Waals surface area contributed by atoms with Gasteiger partial charge in [0.2, 0.25) is 0 Å². The molecule has 0 amide bonds. The van der Waals surface area contributed by atoms with Crippen LogP contribution in [0.3, 0.4) is 0 Å². The Labute approximate surface area is 146 Å². The first-order valence-electron chi connectivity index (χ1n) is 8.92. The lowest BCUT2D eigenvalue weighted by Crippen LogP contribution is -2.53. The Bertz CT molecular complexity index is 559. The van der Waals surface area contributed by atoms with Crippen LogP contribution in [0, 0.1) is 22.7 Å². The van der Waals surface area contributed by atoms with Crippen LogP contribution in [-0.4, -0.2) is 23.8 Å². The van der Waals surface area contributed by atoms with Gasteiger partial charge >= 0.3 is 5.97 Å². The predicted molar refractivity (Wildman–Crippen MR) is 97.4 cm³/mol. The van der Waals surface area contributed by atoms with Crippen LogP contribution in [-0.2, 0) is 9.53 Å². The summed E-state index contributed by atoms with van der Waals surface area (Å²) in [6.07, 6.45) is 10.3. The van der Waals surface area contributed by atoms with E-state index >= 15 is 0 Å². The molecule has 2 aliphatic carbocycles. The number of aliphatic hydroxyl groups is 1. The molecule has 5 atom stereocenters. The van der Waals surface area contributed by atoms with Gasteiger partial charge in [-0.1, -0.05) is 50.3 Å². The zero-order valence-corrected chi connectivity index (χ0v) is 15.6. The zero-order chi connectivity index (χ0) is 18.2. The SMILES string of the molecule is C=CC(C)(O)/C=C/[C@H]1C(=C)CC[C@@H]2[C@]1(C)CCC[C@]2(C)C(=O)OC. The van der Waals surface area contributed by atoms with Crippen molar-refractivity contribution >= 4 is 5.97 Å². The molecule has 134 valence electrons. The van der Waals surface area contributed by atoms with E-state index in [1.165, 1.54) is 18.8 Å². The van der Waals surface area contributed by atoms with E-state index in [-0.39, 0.29) is 23.2 Å². The topological polar surface area (TPSA) is 46.5 Å². The lowest BCUT2D eigenvalue weighted by atomic mass is 9.47. The Morgan fingerprint density at radius 1 is 1.42 bits per heavy atom. The number of carbonyl (C=O) groups is 1. The third-order valence-corrected chi connectivity index (χ3v) is 6.57. The predicted octanol–water partition coefficient (Wildman–Crippen LogP) is 4.43. The van der Waals surface area contributed by atoms with Gasteiger partial charge in [0.1, 0.15) is 0 Å². The highest BCUT2D eigenvalue weighted by molar-refractivity contribution is 5.77.